The Hall–Kier alpha value is -0.570. The van der Waals surface area contributed by atoms with E-state index in [1.807, 2.05) is 0 Å². The van der Waals surface area contributed by atoms with E-state index in [0.29, 0.717) is 6.42 Å². The van der Waals surface area contributed by atoms with Gasteiger partial charge in [0, 0.05) is 13.0 Å². The van der Waals surface area contributed by atoms with Crippen LogP contribution in [0.25, 0.3) is 0 Å². The van der Waals surface area contributed by atoms with Gasteiger partial charge < -0.3 is 4.84 Å². The lowest BCUT2D eigenvalue weighted by Crippen LogP contribution is -2.20. The minimum absolute atomic E-state index is 0.0990. The third-order valence-electron chi connectivity index (χ3n) is 4.30. The molecule has 3 heteroatoms. The van der Waals surface area contributed by atoms with Crippen LogP contribution in [-0.4, -0.2) is 12.5 Å². The Morgan fingerprint density at radius 1 is 0.652 bits per heavy atom. The van der Waals surface area contributed by atoms with Crippen LogP contribution in [0, 0.1) is 0 Å². The highest BCUT2D eigenvalue weighted by Gasteiger charge is 2.02. The van der Waals surface area contributed by atoms with Crippen molar-refractivity contribution in [3.8, 4) is 0 Å². The molecule has 0 saturated carbocycles. The molecule has 0 radical (unpaired) electrons. The van der Waals surface area contributed by atoms with Crippen LogP contribution in [0.2, 0.25) is 0 Å². The smallest absolute Gasteiger partial charge is 0.324 e. The first-order valence-electron chi connectivity index (χ1n) is 10.2. The molecule has 0 heterocycles. The summed E-state index contributed by atoms with van der Waals surface area (Å²) in [5, 5.41) is 0. The van der Waals surface area contributed by atoms with Gasteiger partial charge in [0.15, 0.2) is 0 Å². The van der Waals surface area contributed by atoms with Crippen molar-refractivity contribution in [1.82, 2.24) is 5.48 Å². The summed E-state index contributed by atoms with van der Waals surface area (Å²) in [6.45, 7) is 5.27. The van der Waals surface area contributed by atoms with E-state index in [-0.39, 0.29) is 5.97 Å². The van der Waals surface area contributed by atoms with Crippen LogP contribution < -0.4 is 5.48 Å². The van der Waals surface area contributed by atoms with Crippen molar-refractivity contribution in [3.63, 3.8) is 0 Å². The summed E-state index contributed by atoms with van der Waals surface area (Å²) in [6, 6.07) is 0. The minimum atomic E-state index is -0.0990. The van der Waals surface area contributed by atoms with Gasteiger partial charge in [0.05, 0.1) is 0 Å². The van der Waals surface area contributed by atoms with Crippen molar-refractivity contribution in [3.05, 3.63) is 0 Å². The number of carbonyl (C=O) groups is 1. The second kappa shape index (κ2) is 19.5. The maximum absolute atomic E-state index is 11.5. The molecule has 23 heavy (non-hydrogen) atoms. The van der Waals surface area contributed by atoms with Crippen LogP contribution in [-0.2, 0) is 9.63 Å². The fourth-order valence-corrected chi connectivity index (χ4v) is 2.74. The molecular weight excluding hydrogens is 286 g/mol. The lowest BCUT2D eigenvalue weighted by atomic mass is 10.1. The van der Waals surface area contributed by atoms with Crippen molar-refractivity contribution in [2.24, 2.45) is 0 Å². The molecule has 0 spiro atoms. The van der Waals surface area contributed by atoms with Gasteiger partial charge in [-0.25, -0.2) is 0 Å². The monoisotopic (exact) mass is 327 g/mol. The number of hydroxylamine groups is 1. The first kappa shape index (κ1) is 22.4. The number of hydrogen-bond donors (Lipinski definition) is 1. The van der Waals surface area contributed by atoms with E-state index in [2.05, 4.69) is 19.3 Å². The highest BCUT2D eigenvalue weighted by molar-refractivity contribution is 5.68. The van der Waals surface area contributed by atoms with Gasteiger partial charge in [-0.1, -0.05) is 97.3 Å². The highest BCUT2D eigenvalue weighted by atomic mass is 16.7. The number of unbranched alkanes of at least 4 members (excludes halogenated alkanes) is 13. The molecular formula is C20H41NO2. The van der Waals surface area contributed by atoms with E-state index >= 15 is 0 Å². The molecule has 138 valence electrons. The van der Waals surface area contributed by atoms with E-state index in [1.54, 1.807) is 0 Å². The standard InChI is InChI=1S/C20H41NO2/c1-3-5-7-9-11-13-15-17-19-21-23-20(22)18-16-14-12-10-8-6-4-2/h21H,3-19H2,1-2H3. The Balaban J connectivity index is 3.13. The second-order valence-electron chi connectivity index (χ2n) is 6.71. The summed E-state index contributed by atoms with van der Waals surface area (Å²) in [5.41, 5.74) is 2.82. The van der Waals surface area contributed by atoms with Gasteiger partial charge in [0.25, 0.3) is 0 Å². The summed E-state index contributed by atoms with van der Waals surface area (Å²) in [6.07, 6.45) is 19.6. The van der Waals surface area contributed by atoms with E-state index in [0.717, 1.165) is 25.8 Å². The van der Waals surface area contributed by atoms with Crippen LogP contribution in [0.5, 0.6) is 0 Å². The fourth-order valence-electron chi connectivity index (χ4n) is 2.74. The molecule has 0 aromatic heterocycles. The average molecular weight is 328 g/mol. The molecule has 0 amide bonds. The Kier molecular flexibility index (Phi) is 19.0. The summed E-state index contributed by atoms with van der Waals surface area (Å²) < 4.78 is 0. The minimum Gasteiger partial charge on any atom is -0.371 e. The van der Waals surface area contributed by atoms with Crippen molar-refractivity contribution in [1.29, 1.82) is 0 Å². The fraction of sp³-hybridized carbons (Fsp3) is 0.950. The van der Waals surface area contributed by atoms with Crippen LogP contribution in [0.4, 0.5) is 0 Å². The van der Waals surface area contributed by atoms with E-state index in [9.17, 15) is 4.79 Å². The summed E-state index contributed by atoms with van der Waals surface area (Å²) in [4.78, 5) is 16.6. The summed E-state index contributed by atoms with van der Waals surface area (Å²) in [7, 11) is 0. The zero-order valence-corrected chi connectivity index (χ0v) is 15.8. The van der Waals surface area contributed by atoms with E-state index in [4.69, 9.17) is 4.84 Å². The van der Waals surface area contributed by atoms with Crippen molar-refractivity contribution >= 4 is 5.97 Å². The van der Waals surface area contributed by atoms with Gasteiger partial charge in [0.1, 0.15) is 0 Å². The van der Waals surface area contributed by atoms with Gasteiger partial charge in [-0.05, 0) is 12.8 Å². The third kappa shape index (κ3) is 19.4. The Bertz CT molecular complexity index is 244. The van der Waals surface area contributed by atoms with E-state index < -0.39 is 0 Å². The Morgan fingerprint density at radius 3 is 1.61 bits per heavy atom. The lowest BCUT2D eigenvalue weighted by Gasteiger charge is -2.06. The zero-order valence-electron chi connectivity index (χ0n) is 15.8. The molecule has 0 atom stereocenters. The van der Waals surface area contributed by atoms with Crippen molar-refractivity contribution < 1.29 is 9.63 Å². The number of rotatable bonds is 18. The van der Waals surface area contributed by atoms with Gasteiger partial charge in [0.2, 0.25) is 0 Å². The molecule has 3 nitrogen and oxygen atoms in total. The normalized spacial score (nSPS) is 10.9. The molecule has 0 rings (SSSR count). The third-order valence-corrected chi connectivity index (χ3v) is 4.30. The molecule has 0 aliphatic heterocycles. The van der Waals surface area contributed by atoms with Crippen LogP contribution in [0.3, 0.4) is 0 Å². The van der Waals surface area contributed by atoms with Crippen molar-refractivity contribution in [2.45, 2.75) is 117 Å². The predicted octanol–water partition coefficient (Wildman–Crippen LogP) is 6.32. The molecule has 0 unspecified atom stereocenters. The van der Waals surface area contributed by atoms with E-state index in [1.165, 1.54) is 77.0 Å². The predicted molar refractivity (Wildman–Crippen MR) is 99.3 cm³/mol. The molecule has 0 aliphatic rings. The first-order valence-corrected chi connectivity index (χ1v) is 10.2. The maximum Gasteiger partial charge on any atom is 0.324 e. The van der Waals surface area contributed by atoms with Gasteiger partial charge >= 0.3 is 5.97 Å². The number of hydrogen-bond acceptors (Lipinski definition) is 3. The lowest BCUT2D eigenvalue weighted by molar-refractivity contribution is -0.151. The summed E-state index contributed by atoms with van der Waals surface area (Å²) in [5.74, 6) is -0.0990. The first-order chi connectivity index (χ1) is 11.3. The largest absolute Gasteiger partial charge is 0.371 e. The molecule has 1 N–H and O–H groups in total. The molecule has 0 aromatic rings. The van der Waals surface area contributed by atoms with Crippen LogP contribution in [0.15, 0.2) is 0 Å². The summed E-state index contributed by atoms with van der Waals surface area (Å²) >= 11 is 0. The van der Waals surface area contributed by atoms with Gasteiger partial charge in [-0.3, -0.25) is 4.79 Å². The average Bonchev–Trinajstić information content (AvgIpc) is 2.55. The second-order valence-corrected chi connectivity index (χ2v) is 6.71. The van der Waals surface area contributed by atoms with Crippen molar-refractivity contribution in [2.75, 3.05) is 6.54 Å². The SMILES string of the molecule is CCCCCCCCCCNOC(=O)CCCCCCCCC. The molecule has 0 fully saturated rings. The van der Waals surface area contributed by atoms with Gasteiger partial charge in [-0.2, -0.15) is 5.48 Å². The molecule has 0 bridgehead atoms. The van der Waals surface area contributed by atoms with Gasteiger partial charge in [-0.15, -0.1) is 0 Å². The Labute approximate surface area is 144 Å². The van der Waals surface area contributed by atoms with Crippen LogP contribution in [0.1, 0.15) is 117 Å². The Morgan fingerprint density at radius 2 is 1.09 bits per heavy atom. The maximum atomic E-state index is 11.5. The number of carbonyl (C=O) groups excluding carboxylic acids is 1. The highest BCUT2D eigenvalue weighted by Crippen LogP contribution is 2.09. The molecule has 0 aliphatic carbocycles. The molecule has 0 aromatic carbocycles. The zero-order chi connectivity index (χ0) is 17.0. The molecule has 0 saturated heterocycles. The topological polar surface area (TPSA) is 38.3 Å². The van der Waals surface area contributed by atoms with Crippen LogP contribution >= 0.6 is 0 Å². The quantitative estimate of drug-likeness (QED) is 0.236. The number of nitrogens with one attached hydrogen (secondary N) is 1.